The number of aliphatic imine (C=N–C) groups is 1. The Hall–Kier alpha value is -1.39. The van der Waals surface area contributed by atoms with Crippen LogP contribution in [-0.2, 0) is 9.59 Å². The summed E-state index contributed by atoms with van der Waals surface area (Å²) < 4.78 is 0. The zero-order valence-corrected chi connectivity index (χ0v) is 32.3. The van der Waals surface area contributed by atoms with Crippen LogP contribution in [0.5, 0.6) is 0 Å². The van der Waals surface area contributed by atoms with Gasteiger partial charge in [0.2, 0.25) is 5.91 Å². The Labute approximate surface area is 293 Å². The number of amidine groups is 1. The number of ketones is 1. The van der Waals surface area contributed by atoms with Gasteiger partial charge in [0.15, 0.2) is 11.6 Å². The molecular weight excluding hydrogens is 578 g/mol. The van der Waals surface area contributed by atoms with E-state index in [0.29, 0.717) is 31.8 Å². The van der Waals surface area contributed by atoms with Crippen LogP contribution in [0.1, 0.15) is 233 Å². The maximum Gasteiger partial charge on any atom is 0.221 e. The number of rotatable bonds is 35. The molecule has 1 rings (SSSR count). The average molecular weight is 660 g/mol. The molecule has 1 aliphatic heterocycles. The molecule has 5 nitrogen and oxygen atoms in total. The number of carbonyl (C=O) groups excluding carboxylic acids is 2. The number of Topliss-reactive ketones (excluding diaryl/α,β-unsaturated/α-hetero) is 1. The molecule has 1 heterocycles. The summed E-state index contributed by atoms with van der Waals surface area (Å²) in [4.78, 5) is 32.5. The number of unbranched alkanes of at least 4 members (excludes halogenated alkanes) is 28. The minimum atomic E-state index is -0.591. The van der Waals surface area contributed by atoms with Crippen molar-refractivity contribution in [2.75, 3.05) is 13.1 Å². The maximum atomic E-state index is 13.1. The molecule has 1 N–H and O–H groups in total. The number of hydrogen-bond acceptors (Lipinski definition) is 4. The van der Waals surface area contributed by atoms with Crippen LogP contribution in [0, 0.1) is 0 Å². The largest absolute Gasteiger partial charge is 0.334 e. The Balaban J connectivity index is 2.05. The van der Waals surface area contributed by atoms with Gasteiger partial charge in [0.05, 0.1) is 6.54 Å². The smallest absolute Gasteiger partial charge is 0.221 e. The van der Waals surface area contributed by atoms with E-state index in [1.54, 1.807) is 0 Å². The van der Waals surface area contributed by atoms with Gasteiger partial charge in [0.1, 0.15) is 5.66 Å². The quantitative estimate of drug-likeness (QED) is 0.0689. The number of hydrogen-bond donors (Lipinski definition) is 1. The molecule has 1 amide bonds. The Morgan fingerprint density at radius 3 is 1.21 bits per heavy atom. The van der Waals surface area contributed by atoms with Crippen molar-refractivity contribution >= 4 is 17.5 Å². The molecule has 0 unspecified atom stereocenters. The van der Waals surface area contributed by atoms with Crippen LogP contribution in [0.2, 0.25) is 0 Å². The lowest BCUT2D eigenvalue weighted by molar-refractivity contribution is -0.124. The van der Waals surface area contributed by atoms with Gasteiger partial charge in [-0.05, 0) is 26.7 Å². The fourth-order valence-electron chi connectivity index (χ4n) is 7.13. The lowest BCUT2D eigenvalue weighted by Gasteiger charge is -2.38. The topological polar surface area (TPSA) is 61.8 Å². The normalized spacial score (nSPS) is 13.4. The number of carbonyl (C=O) groups is 2. The van der Waals surface area contributed by atoms with E-state index < -0.39 is 5.66 Å². The minimum Gasteiger partial charge on any atom is -0.334 e. The van der Waals surface area contributed by atoms with Crippen LogP contribution < -0.4 is 5.32 Å². The van der Waals surface area contributed by atoms with E-state index in [1.807, 2.05) is 18.7 Å². The van der Waals surface area contributed by atoms with E-state index in [9.17, 15) is 9.59 Å². The zero-order valence-electron chi connectivity index (χ0n) is 32.3. The summed E-state index contributed by atoms with van der Waals surface area (Å²) in [6.45, 7) is 9.93. The highest BCUT2D eigenvalue weighted by atomic mass is 16.2. The van der Waals surface area contributed by atoms with Crippen LogP contribution in [0.25, 0.3) is 0 Å². The molecule has 276 valence electrons. The maximum absolute atomic E-state index is 13.1. The molecule has 0 aliphatic carbocycles. The van der Waals surface area contributed by atoms with Crippen molar-refractivity contribution < 1.29 is 9.59 Å². The van der Waals surface area contributed by atoms with Crippen molar-refractivity contribution in [1.29, 1.82) is 0 Å². The van der Waals surface area contributed by atoms with E-state index in [4.69, 9.17) is 0 Å². The van der Waals surface area contributed by atoms with Crippen molar-refractivity contribution in [2.24, 2.45) is 4.99 Å². The molecule has 0 aromatic carbocycles. The molecule has 0 aromatic heterocycles. The lowest BCUT2D eigenvalue weighted by Crippen LogP contribution is -2.59. The monoisotopic (exact) mass is 660 g/mol. The van der Waals surface area contributed by atoms with E-state index in [-0.39, 0.29) is 11.7 Å². The molecule has 0 radical (unpaired) electrons. The second kappa shape index (κ2) is 30.7. The first-order valence-electron chi connectivity index (χ1n) is 21.1. The molecule has 0 saturated heterocycles. The molecule has 5 heteroatoms. The summed E-state index contributed by atoms with van der Waals surface area (Å²) in [5, 5.41) is 3.21. The fraction of sp³-hybridized carbons (Fsp3) is 0.929. The van der Waals surface area contributed by atoms with E-state index in [2.05, 4.69) is 24.2 Å². The molecule has 0 saturated carbocycles. The molecule has 1 aliphatic rings. The Kier molecular flexibility index (Phi) is 28.5. The van der Waals surface area contributed by atoms with E-state index in [0.717, 1.165) is 25.7 Å². The van der Waals surface area contributed by atoms with Crippen LogP contribution in [0.3, 0.4) is 0 Å². The lowest BCUT2D eigenvalue weighted by atomic mass is 10.0. The number of nitrogens with zero attached hydrogens (tertiary/aromatic N) is 2. The molecule has 47 heavy (non-hydrogen) atoms. The number of amides is 1. The molecule has 0 atom stereocenters. The van der Waals surface area contributed by atoms with Crippen molar-refractivity contribution in [2.45, 2.75) is 239 Å². The Morgan fingerprint density at radius 2 is 0.851 bits per heavy atom. The van der Waals surface area contributed by atoms with Crippen molar-refractivity contribution in [3.8, 4) is 0 Å². The average Bonchev–Trinajstić information content (AvgIpc) is 3.56. The third kappa shape index (κ3) is 24.4. The van der Waals surface area contributed by atoms with E-state index >= 15 is 0 Å². The van der Waals surface area contributed by atoms with Gasteiger partial charge in [-0.25, -0.2) is 0 Å². The van der Waals surface area contributed by atoms with Gasteiger partial charge in [-0.2, -0.15) is 0 Å². The van der Waals surface area contributed by atoms with Crippen LogP contribution in [-0.4, -0.2) is 41.2 Å². The molecule has 0 aromatic rings. The van der Waals surface area contributed by atoms with Gasteiger partial charge in [0.25, 0.3) is 0 Å². The summed E-state index contributed by atoms with van der Waals surface area (Å²) in [5.41, 5.74) is -0.591. The van der Waals surface area contributed by atoms with Crippen molar-refractivity contribution in [1.82, 2.24) is 10.2 Å². The van der Waals surface area contributed by atoms with Gasteiger partial charge in [0, 0.05) is 19.4 Å². The summed E-state index contributed by atoms with van der Waals surface area (Å²) in [5.74, 6) is 0.806. The Morgan fingerprint density at radius 1 is 0.532 bits per heavy atom. The summed E-state index contributed by atoms with van der Waals surface area (Å²) in [6, 6.07) is 0. The highest BCUT2D eigenvalue weighted by molar-refractivity contribution is 6.39. The summed E-state index contributed by atoms with van der Waals surface area (Å²) >= 11 is 0. The second-order valence-corrected chi connectivity index (χ2v) is 15.3. The highest BCUT2D eigenvalue weighted by Crippen LogP contribution is 2.20. The van der Waals surface area contributed by atoms with Gasteiger partial charge < -0.3 is 10.2 Å². The number of nitrogens with one attached hydrogen (secondary N) is 1. The molecule has 0 bridgehead atoms. The summed E-state index contributed by atoms with van der Waals surface area (Å²) in [6.07, 6.45) is 40.9. The third-order valence-corrected chi connectivity index (χ3v) is 10.2. The molecule has 0 spiro atoms. The van der Waals surface area contributed by atoms with Crippen LogP contribution in [0.15, 0.2) is 4.99 Å². The van der Waals surface area contributed by atoms with Crippen molar-refractivity contribution in [3.05, 3.63) is 0 Å². The van der Waals surface area contributed by atoms with Crippen molar-refractivity contribution in [3.63, 3.8) is 0 Å². The van der Waals surface area contributed by atoms with Gasteiger partial charge >= 0.3 is 0 Å². The highest BCUT2D eigenvalue weighted by Gasteiger charge is 2.35. The zero-order chi connectivity index (χ0) is 34.3. The van der Waals surface area contributed by atoms with Gasteiger partial charge in [-0.15, -0.1) is 0 Å². The predicted octanol–water partition coefficient (Wildman–Crippen LogP) is 12.6. The third-order valence-electron chi connectivity index (χ3n) is 10.2. The first-order valence-corrected chi connectivity index (χ1v) is 21.1. The first-order chi connectivity index (χ1) is 22.9. The fourth-order valence-corrected chi connectivity index (χ4v) is 7.13. The Bertz CT molecular complexity index is 778. The molecule has 0 fully saturated rings. The van der Waals surface area contributed by atoms with Gasteiger partial charge in [-0.3, -0.25) is 14.6 Å². The van der Waals surface area contributed by atoms with Gasteiger partial charge in [-0.1, -0.05) is 194 Å². The molecular formula is C42H81N3O2. The van der Waals surface area contributed by atoms with Crippen LogP contribution in [0.4, 0.5) is 0 Å². The standard InChI is InChI=1S/C42H81N3O2/c1-5-7-9-11-13-15-17-19-21-23-25-27-29-31-33-35-39(46)41-43-37-38-45(41)42(3,4)44-40(47)36-34-32-30-28-26-24-22-20-18-16-14-12-10-8-6-2/h5-38H2,1-4H3,(H,44,47). The first kappa shape index (κ1) is 43.6. The predicted molar refractivity (Wildman–Crippen MR) is 205 cm³/mol. The second-order valence-electron chi connectivity index (χ2n) is 15.3. The SMILES string of the molecule is CCCCCCCCCCCCCCCCCC(=O)NC(C)(C)N1CCN=C1C(=O)CCCCCCCCCCCCCCCCC. The minimum absolute atomic E-state index is 0.0887. The summed E-state index contributed by atoms with van der Waals surface area (Å²) in [7, 11) is 0. The van der Waals surface area contributed by atoms with E-state index in [1.165, 1.54) is 167 Å². The van der Waals surface area contributed by atoms with Crippen LogP contribution >= 0.6 is 0 Å².